The van der Waals surface area contributed by atoms with Crippen LogP contribution in [0, 0.1) is 6.92 Å². The zero-order valence-corrected chi connectivity index (χ0v) is 15.6. The first-order valence-corrected chi connectivity index (χ1v) is 9.85. The SMILES string of the molecule is CCCCNC(=NCc1nnc(C)n1C)NC1CCC(SC)C1. The number of guanidine groups is 1. The van der Waals surface area contributed by atoms with Gasteiger partial charge in [0.2, 0.25) is 0 Å². The van der Waals surface area contributed by atoms with Crippen LogP contribution in [0.2, 0.25) is 0 Å². The Morgan fingerprint density at radius 1 is 1.39 bits per heavy atom. The van der Waals surface area contributed by atoms with E-state index < -0.39 is 0 Å². The first-order chi connectivity index (χ1) is 11.1. The summed E-state index contributed by atoms with van der Waals surface area (Å²) in [5.74, 6) is 2.72. The molecule has 1 saturated carbocycles. The van der Waals surface area contributed by atoms with E-state index in [1.807, 2.05) is 30.3 Å². The molecular formula is C16H30N6S. The number of nitrogens with zero attached hydrogens (tertiary/aromatic N) is 4. The third-order valence-electron chi connectivity index (χ3n) is 4.44. The summed E-state index contributed by atoms with van der Waals surface area (Å²) < 4.78 is 1.99. The quantitative estimate of drug-likeness (QED) is 0.453. The molecule has 2 atom stereocenters. The van der Waals surface area contributed by atoms with Gasteiger partial charge in [-0.05, 0) is 38.9 Å². The molecule has 23 heavy (non-hydrogen) atoms. The number of aromatic nitrogens is 3. The van der Waals surface area contributed by atoms with Gasteiger partial charge in [-0.3, -0.25) is 0 Å². The molecule has 0 aromatic carbocycles. The van der Waals surface area contributed by atoms with E-state index in [0.717, 1.165) is 35.8 Å². The number of hydrogen-bond acceptors (Lipinski definition) is 4. The maximum Gasteiger partial charge on any atom is 0.191 e. The Balaban J connectivity index is 1.95. The van der Waals surface area contributed by atoms with Gasteiger partial charge in [-0.1, -0.05) is 13.3 Å². The van der Waals surface area contributed by atoms with E-state index >= 15 is 0 Å². The van der Waals surface area contributed by atoms with Crippen molar-refractivity contribution in [3.05, 3.63) is 11.6 Å². The largest absolute Gasteiger partial charge is 0.356 e. The molecule has 2 unspecified atom stereocenters. The molecule has 1 aromatic heterocycles. The molecule has 1 aliphatic carbocycles. The van der Waals surface area contributed by atoms with Gasteiger partial charge in [-0.2, -0.15) is 11.8 Å². The van der Waals surface area contributed by atoms with Gasteiger partial charge in [0, 0.05) is 24.9 Å². The van der Waals surface area contributed by atoms with E-state index in [0.29, 0.717) is 12.6 Å². The van der Waals surface area contributed by atoms with E-state index in [1.54, 1.807) is 0 Å². The highest BCUT2D eigenvalue weighted by atomic mass is 32.2. The van der Waals surface area contributed by atoms with Crippen molar-refractivity contribution >= 4 is 17.7 Å². The lowest BCUT2D eigenvalue weighted by atomic mass is 10.2. The van der Waals surface area contributed by atoms with Crippen molar-refractivity contribution < 1.29 is 0 Å². The normalized spacial score (nSPS) is 21.7. The number of hydrogen-bond donors (Lipinski definition) is 2. The molecule has 0 saturated heterocycles. The van der Waals surface area contributed by atoms with Crippen LogP contribution in [0.3, 0.4) is 0 Å². The fourth-order valence-electron chi connectivity index (χ4n) is 2.75. The van der Waals surface area contributed by atoms with Gasteiger partial charge in [-0.15, -0.1) is 10.2 Å². The molecule has 0 amide bonds. The number of rotatable bonds is 7. The van der Waals surface area contributed by atoms with Crippen molar-refractivity contribution in [1.29, 1.82) is 0 Å². The van der Waals surface area contributed by atoms with Crippen molar-refractivity contribution in [3.63, 3.8) is 0 Å². The van der Waals surface area contributed by atoms with Crippen LogP contribution in [0.25, 0.3) is 0 Å². The first-order valence-electron chi connectivity index (χ1n) is 8.56. The molecule has 1 fully saturated rings. The lowest BCUT2D eigenvalue weighted by Crippen LogP contribution is -2.43. The molecule has 1 aliphatic rings. The van der Waals surface area contributed by atoms with E-state index in [9.17, 15) is 0 Å². The number of aryl methyl sites for hydroxylation is 1. The second-order valence-electron chi connectivity index (χ2n) is 6.18. The maximum absolute atomic E-state index is 4.72. The molecule has 1 heterocycles. The average Bonchev–Trinajstić information content (AvgIpc) is 3.13. The van der Waals surface area contributed by atoms with Gasteiger partial charge in [0.15, 0.2) is 11.8 Å². The molecule has 130 valence electrons. The van der Waals surface area contributed by atoms with Crippen LogP contribution in [0.5, 0.6) is 0 Å². The number of nitrogens with one attached hydrogen (secondary N) is 2. The van der Waals surface area contributed by atoms with Crippen LogP contribution < -0.4 is 10.6 Å². The molecule has 7 heteroatoms. The Bertz CT molecular complexity index is 513. The van der Waals surface area contributed by atoms with E-state index in [2.05, 4.69) is 34.0 Å². The Morgan fingerprint density at radius 2 is 2.22 bits per heavy atom. The molecule has 0 aliphatic heterocycles. The summed E-state index contributed by atoms with van der Waals surface area (Å²) in [5, 5.41) is 16.1. The summed E-state index contributed by atoms with van der Waals surface area (Å²) in [7, 11) is 1.98. The van der Waals surface area contributed by atoms with E-state index in [4.69, 9.17) is 4.99 Å². The van der Waals surface area contributed by atoms with Crippen molar-refractivity contribution in [3.8, 4) is 0 Å². The predicted molar refractivity (Wildman–Crippen MR) is 97.9 cm³/mol. The minimum Gasteiger partial charge on any atom is -0.356 e. The third kappa shape index (κ3) is 5.41. The monoisotopic (exact) mass is 338 g/mol. The van der Waals surface area contributed by atoms with Crippen molar-refractivity contribution in [2.24, 2.45) is 12.0 Å². The van der Waals surface area contributed by atoms with Gasteiger partial charge >= 0.3 is 0 Å². The van der Waals surface area contributed by atoms with Crippen LogP contribution in [-0.2, 0) is 13.6 Å². The third-order valence-corrected chi connectivity index (χ3v) is 5.54. The topological polar surface area (TPSA) is 67.1 Å². The molecule has 2 rings (SSSR count). The standard InChI is InChI=1S/C16H30N6S/c1-5-6-9-17-16(19-13-7-8-14(10-13)23-4)18-11-15-21-20-12(2)22(15)3/h13-14H,5-11H2,1-4H3,(H2,17,18,19). The van der Waals surface area contributed by atoms with Crippen molar-refractivity contribution in [2.45, 2.75) is 63.8 Å². The van der Waals surface area contributed by atoms with Crippen LogP contribution in [-0.4, -0.2) is 44.8 Å². The van der Waals surface area contributed by atoms with Gasteiger partial charge < -0.3 is 15.2 Å². The van der Waals surface area contributed by atoms with Crippen molar-refractivity contribution in [1.82, 2.24) is 25.4 Å². The summed E-state index contributed by atoms with van der Waals surface area (Å²) in [6.45, 7) is 5.67. The van der Waals surface area contributed by atoms with Gasteiger partial charge in [-0.25, -0.2) is 4.99 Å². The molecule has 6 nitrogen and oxygen atoms in total. The lowest BCUT2D eigenvalue weighted by Gasteiger charge is -2.17. The smallest absolute Gasteiger partial charge is 0.191 e. The Morgan fingerprint density at radius 3 is 2.83 bits per heavy atom. The number of unbranched alkanes of at least 4 members (excludes halogenated alkanes) is 1. The van der Waals surface area contributed by atoms with Crippen molar-refractivity contribution in [2.75, 3.05) is 12.8 Å². The second kappa shape index (κ2) is 9.15. The van der Waals surface area contributed by atoms with Gasteiger partial charge in [0.05, 0.1) is 0 Å². The van der Waals surface area contributed by atoms with Crippen LogP contribution in [0.15, 0.2) is 4.99 Å². The van der Waals surface area contributed by atoms with Gasteiger partial charge in [0.1, 0.15) is 12.4 Å². The Kier molecular flexibility index (Phi) is 7.20. The van der Waals surface area contributed by atoms with Crippen LogP contribution >= 0.6 is 11.8 Å². The Hall–Kier alpha value is -1.24. The highest BCUT2D eigenvalue weighted by Gasteiger charge is 2.24. The van der Waals surface area contributed by atoms with Crippen LogP contribution in [0.1, 0.15) is 50.7 Å². The van der Waals surface area contributed by atoms with Crippen LogP contribution in [0.4, 0.5) is 0 Å². The van der Waals surface area contributed by atoms with Gasteiger partial charge in [0.25, 0.3) is 0 Å². The first kappa shape index (κ1) is 18.1. The summed E-state index contributed by atoms with van der Waals surface area (Å²) >= 11 is 1.98. The fourth-order valence-corrected chi connectivity index (χ4v) is 3.55. The Labute approximate surface area is 143 Å². The molecule has 0 bridgehead atoms. The molecule has 0 radical (unpaired) electrons. The molecular weight excluding hydrogens is 308 g/mol. The molecule has 1 aromatic rings. The number of aliphatic imine (C=N–C) groups is 1. The maximum atomic E-state index is 4.72. The number of thioether (sulfide) groups is 1. The highest BCUT2D eigenvalue weighted by Crippen LogP contribution is 2.28. The average molecular weight is 339 g/mol. The summed E-state index contributed by atoms with van der Waals surface area (Å²) in [6.07, 6.45) is 8.28. The second-order valence-corrected chi connectivity index (χ2v) is 7.32. The molecule has 0 spiro atoms. The summed E-state index contributed by atoms with van der Waals surface area (Å²) in [4.78, 5) is 4.72. The fraction of sp³-hybridized carbons (Fsp3) is 0.812. The molecule has 2 N–H and O–H groups in total. The van der Waals surface area contributed by atoms with E-state index in [1.165, 1.54) is 25.7 Å². The van der Waals surface area contributed by atoms with E-state index in [-0.39, 0.29) is 0 Å². The zero-order valence-electron chi connectivity index (χ0n) is 14.8. The minimum atomic E-state index is 0.529. The minimum absolute atomic E-state index is 0.529. The predicted octanol–water partition coefficient (Wildman–Crippen LogP) is 2.24. The lowest BCUT2D eigenvalue weighted by molar-refractivity contribution is 0.607. The highest BCUT2D eigenvalue weighted by molar-refractivity contribution is 7.99. The summed E-state index contributed by atoms with van der Waals surface area (Å²) in [5.41, 5.74) is 0. The zero-order chi connectivity index (χ0) is 16.7. The summed E-state index contributed by atoms with van der Waals surface area (Å²) in [6, 6.07) is 0.529.